The van der Waals surface area contributed by atoms with Gasteiger partial charge in [0.15, 0.2) is 0 Å². The SMILES string of the molecule is C=CC1CCCC1Oc1ccccn1. The number of hydrogen-bond acceptors (Lipinski definition) is 2. The van der Waals surface area contributed by atoms with Crippen LogP contribution in [0.4, 0.5) is 0 Å². The molecule has 1 aliphatic carbocycles. The van der Waals surface area contributed by atoms with Crippen molar-refractivity contribution in [2.45, 2.75) is 25.4 Å². The molecule has 2 nitrogen and oxygen atoms in total. The molecule has 2 atom stereocenters. The Morgan fingerprint density at radius 2 is 2.36 bits per heavy atom. The molecule has 1 aliphatic rings. The molecule has 2 unspecified atom stereocenters. The quantitative estimate of drug-likeness (QED) is 0.682. The first-order valence-electron chi connectivity index (χ1n) is 5.10. The van der Waals surface area contributed by atoms with Gasteiger partial charge in [-0.25, -0.2) is 4.98 Å². The first kappa shape index (κ1) is 9.25. The van der Waals surface area contributed by atoms with Crippen LogP contribution in [0.1, 0.15) is 19.3 Å². The number of ether oxygens (including phenoxy) is 1. The van der Waals surface area contributed by atoms with Gasteiger partial charge in [0, 0.05) is 18.2 Å². The van der Waals surface area contributed by atoms with Crippen LogP contribution in [-0.2, 0) is 0 Å². The molecule has 1 heterocycles. The van der Waals surface area contributed by atoms with E-state index < -0.39 is 0 Å². The van der Waals surface area contributed by atoms with Gasteiger partial charge in [-0.05, 0) is 25.3 Å². The van der Waals surface area contributed by atoms with Crippen molar-refractivity contribution in [3.05, 3.63) is 37.1 Å². The number of rotatable bonds is 3. The third-order valence-electron chi connectivity index (χ3n) is 2.72. The maximum Gasteiger partial charge on any atom is 0.213 e. The Balaban J connectivity index is 2.00. The second-order valence-electron chi connectivity index (χ2n) is 3.65. The van der Waals surface area contributed by atoms with Crippen LogP contribution in [0.2, 0.25) is 0 Å². The highest BCUT2D eigenvalue weighted by molar-refractivity contribution is 5.10. The molecule has 1 aromatic rings. The standard InChI is InChI=1S/C12H15NO/c1-2-10-6-5-7-11(10)14-12-8-3-4-9-13-12/h2-4,8-11H,1,5-7H2. The molecule has 14 heavy (non-hydrogen) atoms. The molecule has 1 aromatic heterocycles. The van der Waals surface area contributed by atoms with Crippen LogP contribution in [0.5, 0.6) is 5.88 Å². The summed E-state index contributed by atoms with van der Waals surface area (Å²) in [6.45, 7) is 3.83. The molecular formula is C12H15NO. The van der Waals surface area contributed by atoms with Gasteiger partial charge in [0.2, 0.25) is 5.88 Å². The minimum Gasteiger partial charge on any atom is -0.474 e. The van der Waals surface area contributed by atoms with Crippen molar-refractivity contribution in [1.29, 1.82) is 0 Å². The van der Waals surface area contributed by atoms with E-state index >= 15 is 0 Å². The molecule has 0 spiro atoms. The van der Waals surface area contributed by atoms with Crippen molar-refractivity contribution in [2.24, 2.45) is 5.92 Å². The van der Waals surface area contributed by atoms with Gasteiger partial charge in [-0.1, -0.05) is 12.1 Å². The highest BCUT2D eigenvalue weighted by atomic mass is 16.5. The van der Waals surface area contributed by atoms with Gasteiger partial charge in [-0.2, -0.15) is 0 Å². The van der Waals surface area contributed by atoms with Gasteiger partial charge in [-0.15, -0.1) is 6.58 Å². The Labute approximate surface area is 84.6 Å². The lowest BCUT2D eigenvalue weighted by Gasteiger charge is -2.17. The summed E-state index contributed by atoms with van der Waals surface area (Å²) in [4.78, 5) is 4.15. The molecule has 0 radical (unpaired) electrons. The summed E-state index contributed by atoms with van der Waals surface area (Å²) in [6, 6.07) is 5.74. The van der Waals surface area contributed by atoms with Crippen LogP contribution < -0.4 is 4.74 Å². The lowest BCUT2D eigenvalue weighted by Crippen LogP contribution is -2.20. The van der Waals surface area contributed by atoms with Crippen molar-refractivity contribution >= 4 is 0 Å². The largest absolute Gasteiger partial charge is 0.474 e. The third kappa shape index (κ3) is 1.95. The van der Waals surface area contributed by atoms with Crippen LogP contribution in [0.15, 0.2) is 37.1 Å². The maximum atomic E-state index is 5.80. The molecule has 74 valence electrons. The summed E-state index contributed by atoms with van der Waals surface area (Å²) in [5, 5.41) is 0. The Morgan fingerprint density at radius 3 is 3.07 bits per heavy atom. The smallest absolute Gasteiger partial charge is 0.213 e. The van der Waals surface area contributed by atoms with E-state index in [4.69, 9.17) is 4.74 Å². The topological polar surface area (TPSA) is 22.1 Å². The average Bonchev–Trinajstić information content (AvgIpc) is 2.67. The molecule has 0 N–H and O–H groups in total. The minimum absolute atomic E-state index is 0.280. The highest BCUT2D eigenvalue weighted by Gasteiger charge is 2.26. The van der Waals surface area contributed by atoms with Crippen molar-refractivity contribution in [1.82, 2.24) is 4.98 Å². The normalized spacial score (nSPS) is 26.0. The van der Waals surface area contributed by atoms with Crippen LogP contribution in [-0.4, -0.2) is 11.1 Å². The van der Waals surface area contributed by atoms with E-state index in [2.05, 4.69) is 11.6 Å². The second kappa shape index (κ2) is 4.27. The molecule has 1 saturated carbocycles. The Morgan fingerprint density at radius 1 is 1.43 bits per heavy atom. The molecule has 2 heteroatoms. The van der Waals surface area contributed by atoms with Crippen LogP contribution in [0.25, 0.3) is 0 Å². The first-order chi connectivity index (χ1) is 6.90. The maximum absolute atomic E-state index is 5.80. The van der Waals surface area contributed by atoms with Gasteiger partial charge < -0.3 is 4.74 Å². The van der Waals surface area contributed by atoms with E-state index in [0.29, 0.717) is 5.92 Å². The molecule has 0 aliphatic heterocycles. The van der Waals surface area contributed by atoms with E-state index in [9.17, 15) is 0 Å². The van der Waals surface area contributed by atoms with E-state index in [1.807, 2.05) is 24.3 Å². The lowest BCUT2D eigenvalue weighted by molar-refractivity contribution is 0.172. The molecule has 0 aromatic carbocycles. The van der Waals surface area contributed by atoms with Crippen molar-refractivity contribution in [3.8, 4) is 5.88 Å². The Hall–Kier alpha value is -1.31. The summed E-state index contributed by atoms with van der Waals surface area (Å²) in [5.74, 6) is 1.23. The highest BCUT2D eigenvalue weighted by Crippen LogP contribution is 2.29. The molecular weight excluding hydrogens is 174 g/mol. The fraction of sp³-hybridized carbons (Fsp3) is 0.417. The number of pyridine rings is 1. The predicted octanol–water partition coefficient (Wildman–Crippen LogP) is 2.82. The minimum atomic E-state index is 0.280. The number of aromatic nitrogens is 1. The zero-order valence-electron chi connectivity index (χ0n) is 8.23. The van der Waals surface area contributed by atoms with Gasteiger partial charge in [0.25, 0.3) is 0 Å². The van der Waals surface area contributed by atoms with E-state index in [-0.39, 0.29) is 6.10 Å². The Bertz CT molecular complexity index is 296. The van der Waals surface area contributed by atoms with Gasteiger partial charge in [-0.3, -0.25) is 0 Å². The summed E-state index contributed by atoms with van der Waals surface area (Å²) in [6.07, 6.45) is 7.58. The van der Waals surface area contributed by atoms with E-state index in [1.165, 1.54) is 12.8 Å². The Kier molecular flexibility index (Phi) is 2.82. The average molecular weight is 189 g/mol. The summed E-state index contributed by atoms with van der Waals surface area (Å²) in [5.41, 5.74) is 0. The third-order valence-corrected chi connectivity index (χ3v) is 2.72. The van der Waals surface area contributed by atoms with Gasteiger partial charge in [0.1, 0.15) is 6.10 Å². The fourth-order valence-electron chi connectivity index (χ4n) is 1.94. The number of nitrogens with zero attached hydrogens (tertiary/aromatic N) is 1. The zero-order valence-corrected chi connectivity index (χ0v) is 8.23. The fourth-order valence-corrected chi connectivity index (χ4v) is 1.94. The summed E-state index contributed by atoms with van der Waals surface area (Å²) in [7, 11) is 0. The summed E-state index contributed by atoms with van der Waals surface area (Å²) >= 11 is 0. The van der Waals surface area contributed by atoms with Crippen molar-refractivity contribution < 1.29 is 4.74 Å². The van der Waals surface area contributed by atoms with Crippen LogP contribution >= 0.6 is 0 Å². The van der Waals surface area contributed by atoms with Crippen LogP contribution in [0.3, 0.4) is 0 Å². The number of hydrogen-bond donors (Lipinski definition) is 0. The first-order valence-corrected chi connectivity index (χ1v) is 5.10. The summed E-state index contributed by atoms with van der Waals surface area (Å²) < 4.78 is 5.80. The molecule has 0 saturated heterocycles. The molecule has 1 fully saturated rings. The van der Waals surface area contributed by atoms with Crippen molar-refractivity contribution in [3.63, 3.8) is 0 Å². The molecule has 0 bridgehead atoms. The van der Waals surface area contributed by atoms with E-state index in [0.717, 1.165) is 12.3 Å². The molecule has 2 rings (SSSR count). The molecule has 0 amide bonds. The zero-order chi connectivity index (χ0) is 9.80. The van der Waals surface area contributed by atoms with Crippen molar-refractivity contribution in [2.75, 3.05) is 0 Å². The van der Waals surface area contributed by atoms with Crippen LogP contribution in [0, 0.1) is 5.92 Å². The van der Waals surface area contributed by atoms with E-state index in [1.54, 1.807) is 6.20 Å². The monoisotopic (exact) mass is 189 g/mol. The second-order valence-corrected chi connectivity index (χ2v) is 3.65. The lowest BCUT2D eigenvalue weighted by atomic mass is 10.1. The van der Waals surface area contributed by atoms with Gasteiger partial charge >= 0.3 is 0 Å². The van der Waals surface area contributed by atoms with Gasteiger partial charge in [0.05, 0.1) is 0 Å². The predicted molar refractivity (Wildman–Crippen MR) is 56.2 cm³/mol.